The third-order valence-corrected chi connectivity index (χ3v) is 8.30. The number of hydrogen-bond donors (Lipinski definition) is 1. The van der Waals surface area contributed by atoms with Gasteiger partial charge in [-0.1, -0.05) is 11.3 Å². The molecule has 2 saturated heterocycles. The van der Waals surface area contributed by atoms with Crippen molar-refractivity contribution < 1.29 is 23.3 Å². The first-order chi connectivity index (χ1) is 18.4. The number of rotatable bonds is 6. The van der Waals surface area contributed by atoms with Gasteiger partial charge >= 0.3 is 7.12 Å². The van der Waals surface area contributed by atoms with Crippen molar-refractivity contribution in [1.29, 1.82) is 0 Å². The summed E-state index contributed by atoms with van der Waals surface area (Å²) in [6, 6.07) is 3.48. The number of aromatic amines is 1. The highest BCUT2D eigenvalue weighted by Gasteiger charge is 2.52. The monoisotopic (exact) mass is 538 g/mol. The molecule has 0 saturated carbocycles. The smallest absolute Gasteiger partial charge is 0.399 e. The number of H-pyrrole nitrogens is 1. The minimum Gasteiger partial charge on any atom is -0.399 e. The zero-order valence-electron chi connectivity index (χ0n) is 23.5. The molecule has 3 aromatic rings. The number of nitrogens with one attached hydrogen (secondary N) is 1. The molecule has 1 atom stereocenters. The van der Waals surface area contributed by atoms with E-state index in [4.69, 9.17) is 9.31 Å². The van der Waals surface area contributed by atoms with Crippen LogP contribution in [0.3, 0.4) is 0 Å². The minimum absolute atomic E-state index is 0.00149. The largest absolute Gasteiger partial charge is 0.495 e. The van der Waals surface area contributed by atoms with Crippen molar-refractivity contribution in [3.8, 4) is 0 Å². The van der Waals surface area contributed by atoms with E-state index in [0.717, 1.165) is 12.8 Å². The van der Waals surface area contributed by atoms with Gasteiger partial charge in [-0.05, 0) is 57.6 Å². The van der Waals surface area contributed by atoms with Crippen LogP contribution in [0.4, 0.5) is 4.39 Å². The van der Waals surface area contributed by atoms with Crippen LogP contribution in [-0.4, -0.2) is 87.1 Å². The average Bonchev–Trinajstić information content (AvgIpc) is 3.61. The van der Waals surface area contributed by atoms with Crippen LogP contribution in [0.2, 0.25) is 0 Å². The van der Waals surface area contributed by atoms with E-state index in [1.807, 2.05) is 33.8 Å². The van der Waals surface area contributed by atoms with Crippen molar-refractivity contribution in [2.24, 2.45) is 0 Å². The first-order valence-electron chi connectivity index (χ1n) is 13.4. The van der Waals surface area contributed by atoms with Gasteiger partial charge in [0.05, 0.1) is 29.5 Å². The van der Waals surface area contributed by atoms with Gasteiger partial charge in [-0.3, -0.25) is 14.3 Å². The molecule has 208 valence electrons. The lowest BCUT2D eigenvalue weighted by atomic mass is 9.74. The first kappa shape index (κ1) is 27.3. The molecule has 0 unspecified atom stereocenters. The molecule has 2 fully saturated rings. The number of amides is 2. The number of carbonyl (C=O) groups excluding carboxylic acids is 2. The van der Waals surface area contributed by atoms with Gasteiger partial charge in [0.2, 0.25) is 5.91 Å². The standard InChI is InChI=1S/C27H36BFN6O4/c1-26(2)27(3,4)39-28(38-26)20-14-18(23(29)24-19(20)15-21(31-24)25(37)33(5)6)17-8-7-11-34(16-17)22(36)9-12-35-13-10-30-32-35/h10,13-15,17,31H,7-9,11-12,16H2,1-6H3/t17-/m0/s1. The number of fused-ring (bicyclic) bond motifs is 1. The number of piperidine rings is 1. The highest BCUT2D eigenvalue weighted by molar-refractivity contribution is 6.65. The van der Waals surface area contributed by atoms with Crippen molar-refractivity contribution in [1.82, 2.24) is 29.8 Å². The van der Waals surface area contributed by atoms with E-state index in [1.165, 1.54) is 4.90 Å². The van der Waals surface area contributed by atoms with Crippen molar-refractivity contribution in [3.63, 3.8) is 0 Å². The third kappa shape index (κ3) is 5.07. The Kier molecular flexibility index (Phi) is 7.05. The second-order valence-corrected chi connectivity index (χ2v) is 11.7. The summed E-state index contributed by atoms with van der Waals surface area (Å²) in [6.45, 7) is 9.36. The summed E-state index contributed by atoms with van der Waals surface area (Å²) >= 11 is 0. The Morgan fingerprint density at radius 2 is 1.92 bits per heavy atom. The lowest BCUT2D eigenvalue weighted by molar-refractivity contribution is -0.132. The van der Waals surface area contributed by atoms with E-state index in [9.17, 15) is 9.59 Å². The highest BCUT2D eigenvalue weighted by Crippen LogP contribution is 2.38. The maximum Gasteiger partial charge on any atom is 0.495 e. The third-order valence-electron chi connectivity index (χ3n) is 8.30. The van der Waals surface area contributed by atoms with Gasteiger partial charge in [-0.15, -0.1) is 5.10 Å². The van der Waals surface area contributed by atoms with Gasteiger partial charge in [0.25, 0.3) is 5.91 Å². The van der Waals surface area contributed by atoms with Crippen LogP contribution in [0.1, 0.15) is 68.9 Å². The summed E-state index contributed by atoms with van der Waals surface area (Å²) in [5.74, 6) is -0.878. The van der Waals surface area contributed by atoms with E-state index in [2.05, 4.69) is 15.3 Å². The fourth-order valence-electron chi connectivity index (χ4n) is 5.30. The van der Waals surface area contributed by atoms with Crippen LogP contribution in [-0.2, 0) is 20.6 Å². The Balaban J connectivity index is 1.50. The maximum absolute atomic E-state index is 16.2. The molecular formula is C27H36BFN6O4. The summed E-state index contributed by atoms with van der Waals surface area (Å²) in [7, 11) is 2.57. The fourth-order valence-corrected chi connectivity index (χ4v) is 5.30. The van der Waals surface area contributed by atoms with Crippen molar-refractivity contribution in [2.75, 3.05) is 27.2 Å². The van der Waals surface area contributed by atoms with Crippen LogP contribution in [0.25, 0.3) is 10.9 Å². The molecule has 2 aliphatic rings. The zero-order valence-corrected chi connectivity index (χ0v) is 23.5. The number of nitrogens with zero attached hydrogens (tertiary/aromatic N) is 5. The topological polar surface area (TPSA) is 106 Å². The van der Waals surface area contributed by atoms with E-state index in [1.54, 1.807) is 42.1 Å². The lowest BCUT2D eigenvalue weighted by Crippen LogP contribution is -2.41. The Labute approximate surface area is 227 Å². The van der Waals surface area contributed by atoms with Gasteiger partial charge in [0, 0.05) is 51.1 Å². The van der Waals surface area contributed by atoms with Crippen LogP contribution in [0, 0.1) is 5.82 Å². The summed E-state index contributed by atoms with van der Waals surface area (Å²) in [6.07, 6.45) is 5.10. The lowest BCUT2D eigenvalue weighted by Gasteiger charge is -2.33. The molecular weight excluding hydrogens is 502 g/mol. The Morgan fingerprint density at radius 1 is 1.21 bits per heavy atom. The van der Waals surface area contributed by atoms with Gasteiger partial charge in [-0.2, -0.15) is 0 Å². The molecule has 2 amide bonds. The predicted octanol–water partition coefficient (Wildman–Crippen LogP) is 2.70. The molecule has 1 aromatic carbocycles. The molecule has 2 aromatic heterocycles. The molecule has 10 nitrogen and oxygen atoms in total. The number of aryl methyl sites for hydroxylation is 1. The van der Waals surface area contributed by atoms with E-state index in [0.29, 0.717) is 42.5 Å². The summed E-state index contributed by atoms with van der Waals surface area (Å²) in [5.41, 5.74) is 0.523. The molecule has 5 rings (SSSR count). The molecule has 12 heteroatoms. The van der Waals surface area contributed by atoms with E-state index in [-0.39, 0.29) is 28.9 Å². The fraction of sp³-hybridized carbons (Fsp3) is 0.556. The Morgan fingerprint density at radius 3 is 2.56 bits per heavy atom. The number of aromatic nitrogens is 4. The van der Waals surface area contributed by atoms with Gasteiger partial charge < -0.3 is 24.1 Å². The number of carbonyl (C=O) groups is 2. The van der Waals surface area contributed by atoms with Gasteiger partial charge in [-0.25, -0.2) is 4.39 Å². The molecule has 0 radical (unpaired) electrons. The molecule has 0 spiro atoms. The van der Waals surface area contributed by atoms with Crippen LogP contribution >= 0.6 is 0 Å². The van der Waals surface area contributed by atoms with Crippen LogP contribution < -0.4 is 5.46 Å². The quantitative estimate of drug-likeness (QED) is 0.484. The Hall–Kier alpha value is -3.25. The number of hydrogen-bond acceptors (Lipinski definition) is 6. The van der Waals surface area contributed by atoms with Crippen molar-refractivity contribution in [2.45, 2.75) is 70.6 Å². The summed E-state index contributed by atoms with van der Waals surface area (Å²) in [4.78, 5) is 32.1. The highest BCUT2D eigenvalue weighted by atomic mass is 19.1. The number of benzene rings is 1. The molecule has 2 aliphatic heterocycles. The molecule has 4 heterocycles. The van der Waals surface area contributed by atoms with E-state index < -0.39 is 24.1 Å². The van der Waals surface area contributed by atoms with Crippen molar-refractivity contribution in [3.05, 3.63) is 41.6 Å². The molecule has 0 aliphatic carbocycles. The average molecular weight is 538 g/mol. The molecule has 0 bridgehead atoms. The molecule has 39 heavy (non-hydrogen) atoms. The number of likely N-dealkylation sites (tertiary alicyclic amines) is 1. The maximum atomic E-state index is 16.2. The SMILES string of the molecule is CN(C)C(=O)c1cc2c(B3OC(C)(C)C(C)(C)O3)cc([C@H]3CCCN(C(=O)CCn4ccnn4)C3)c(F)c2[nH]1. The molecule has 1 N–H and O–H groups in total. The van der Waals surface area contributed by atoms with Gasteiger partial charge in [0.1, 0.15) is 5.69 Å². The normalized spacial score (nSPS) is 20.5. The predicted molar refractivity (Wildman–Crippen MR) is 145 cm³/mol. The summed E-state index contributed by atoms with van der Waals surface area (Å²) < 4.78 is 30.5. The van der Waals surface area contributed by atoms with Gasteiger partial charge in [0.15, 0.2) is 5.82 Å². The van der Waals surface area contributed by atoms with Crippen molar-refractivity contribution >= 4 is 35.3 Å². The van der Waals surface area contributed by atoms with Crippen LogP contribution in [0.5, 0.6) is 0 Å². The first-order valence-corrected chi connectivity index (χ1v) is 13.4. The Bertz CT molecular complexity index is 1370. The van der Waals surface area contributed by atoms with Crippen LogP contribution in [0.15, 0.2) is 24.5 Å². The zero-order chi connectivity index (χ0) is 28.1. The second kappa shape index (κ2) is 10.1. The second-order valence-electron chi connectivity index (χ2n) is 11.7. The van der Waals surface area contributed by atoms with E-state index >= 15 is 4.39 Å². The number of halogens is 1. The minimum atomic E-state index is -0.737. The summed E-state index contributed by atoms with van der Waals surface area (Å²) in [5, 5.41) is 8.25.